The summed E-state index contributed by atoms with van der Waals surface area (Å²) in [5.74, 6) is 0.727. The topological polar surface area (TPSA) is 48.0 Å². The van der Waals surface area contributed by atoms with Gasteiger partial charge in [0.2, 0.25) is 0 Å². The summed E-state index contributed by atoms with van der Waals surface area (Å²) in [4.78, 5) is 12.7. The second-order valence-electron chi connectivity index (χ2n) is 6.66. The zero-order valence-electron chi connectivity index (χ0n) is 12.5. The van der Waals surface area contributed by atoms with E-state index >= 15 is 0 Å². The summed E-state index contributed by atoms with van der Waals surface area (Å²) < 4.78 is 2.14. The molecule has 1 unspecified atom stereocenters. The van der Waals surface area contributed by atoms with Crippen LogP contribution in [0.5, 0.6) is 0 Å². The maximum atomic E-state index is 12.7. The molecule has 3 rings (SSSR count). The molecule has 1 atom stereocenters. The molecular weight excluding hydrogens is 248 g/mol. The summed E-state index contributed by atoms with van der Waals surface area (Å²) in [7, 11) is 0. The van der Waals surface area contributed by atoms with Crippen LogP contribution in [0.25, 0.3) is 0 Å². The maximum Gasteiger partial charge on any atom is 0.255 e. The van der Waals surface area contributed by atoms with Crippen LogP contribution in [0.4, 0.5) is 0 Å². The molecular formula is C17H26N2O. The molecule has 0 aromatic carbocycles. The molecule has 1 saturated carbocycles. The molecule has 3 nitrogen and oxygen atoms in total. The molecule has 110 valence electrons. The molecule has 2 aliphatic rings. The van der Waals surface area contributed by atoms with Gasteiger partial charge in [-0.15, -0.1) is 0 Å². The fourth-order valence-corrected chi connectivity index (χ4v) is 3.98. The number of aromatic nitrogens is 1. The van der Waals surface area contributed by atoms with Crippen molar-refractivity contribution in [1.29, 1.82) is 0 Å². The minimum Gasteiger partial charge on any atom is -0.326 e. The third-order valence-electron chi connectivity index (χ3n) is 5.11. The highest BCUT2D eigenvalue weighted by Gasteiger charge is 2.25. The Morgan fingerprint density at radius 1 is 1.25 bits per heavy atom. The van der Waals surface area contributed by atoms with E-state index in [0.717, 1.165) is 37.2 Å². The molecule has 0 amide bonds. The summed E-state index contributed by atoms with van der Waals surface area (Å²) in [5, 5.41) is 0. The van der Waals surface area contributed by atoms with Crippen molar-refractivity contribution in [1.82, 2.24) is 4.57 Å². The standard InChI is InChI=1S/C17H26N2O/c1-12-7-8-16-13(9-12)10-14(11-18)17(20)19(16)15-5-3-2-4-6-15/h10,12,15H,2-9,11,18H2,1H3. The Hall–Kier alpha value is -1.09. The van der Waals surface area contributed by atoms with E-state index in [-0.39, 0.29) is 5.56 Å². The van der Waals surface area contributed by atoms with Gasteiger partial charge in [0, 0.05) is 23.8 Å². The van der Waals surface area contributed by atoms with E-state index in [4.69, 9.17) is 5.73 Å². The van der Waals surface area contributed by atoms with Crippen molar-refractivity contribution in [2.24, 2.45) is 11.7 Å². The van der Waals surface area contributed by atoms with Gasteiger partial charge in [-0.25, -0.2) is 0 Å². The van der Waals surface area contributed by atoms with Crippen molar-refractivity contribution in [2.45, 2.75) is 70.9 Å². The number of nitrogens with two attached hydrogens (primary N) is 1. The van der Waals surface area contributed by atoms with Crippen LogP contribution in [0.15, 0.2) is 10.9 Å². The Morgan fingerprint density at radius 3 is 2.70 bits per heavy atom. The van der Waals surface area contributed by atoms with Crippen LogP contribution in [-0.2, 0) is 19.4 Å². The van der Waals surface area contributed by atoms with Crippen LogP contribution in [-0.4, -0.2) is 4.57 Å². The van der Waals surface area contributed by atoms with E-state index < -0.39 is 0 Å². The fraction of sp³-hybridized carbons (Fsp3) is 0.706. The Labute approximate surface area is 121 Å². The molecule has 1 aromatic rings. The van der Waals surface area contributed by atoms with E-state index in [1.807, 2.05) is 0 Å². The first-order chi connectivity index (χ1) is 9.70. The number of nitrogens with zero attached hydrogens (tertiary/aromatic N) is 1. The third-order valence-corrected chi connectivity index (χ3v) is 5.11. The first-order valence-corrected chi connectivity index (χ1v) is 8.17. The van der Waals surface area contributed by atoms with Crippen LogP contribution in [0.3, 0.4) is 0 Å². The second kappa shape index (κ2) is 5.72. The lowest BCUT2D eigenvalue weighted by Crippen LogP contribution is -2.35. The number of fused-ring (bicyclic) bond motifs is 1. The third kappa shape index (κ3) is 2.44. The monoisotopic (exact) mass is 274 g/mol. The van der Waals surface area contributed by atoms with Crippen molar-refractivity contribution in [3.8, 4) is 0 Å². The van der Waals surface area contributed by atoms with Gasteiger partial charge in [0.05, 0.1) is 0 Å². The maximum absolute atomic E-state index is 12.7. The zero-order chi connectivity index (χ0) is 14.1. The zero-order valence-corrected chi connectivity index (χ0v) is 12.5. The lowest BCUT2D eigenvalue weighted by Gasteiger charge is -2.32. The Balaban J connectivity index is 2.10. The van der Waals surface area contributed by atoms with E-state index in [1.165, 1.54) is 36.9 Å². The molecule has 1 fully saturated rings. The molecule has 0 radical (unpaired) electrons. The van der Waals surface area contributed by atoms with Gasteiger partial charge in [-0.2, -0.15) is 0 Å². The summed E-state index contributed by atoms with van der Waals surface area (Å²) in [6.45, 7) is 2.67. The van der Waals surface area contributed by atoms with E-state index in [2.05, 4.69) is 17.6 Å². The summed E-state index contributed by atoms with van der Waals surface area (Å²) in [6.07, 6.45) is 9.54. The number of pyridine rings is 1. The lowest BCUT2D eigenvalue weighted by molar-refractivity contribution is 0.329. The van der Waals surface area contributed by atoms with Crippen molar-refractivity contribution in [2.75, 3.05) is 0 Å². The van der Waals surface area contributed by atoms with Crippen LogP contribution < -0.4 is 11.3 Å². The normalized spacial score (nSPS) is 23.6. The SMILES string of the molecule is CC1CCc2c(cc(CN)c(=O)n2C2CCCCC2)C1. The minimum absolute atomic E-state index is 0.188. The van der Waals surface area contributed by atoms with Crippen LogP contribution in [0.2, 0.25) is 0 Å². The molecule has 0 aliphatic heterocycles. The quantitative estimate of drug-likeness (QED) is 0.901. The molecule has 0 spiro atoms. The van der Waals surface area contributed by atoms with Gasteiger partial charge in [0.1, 0.15) is 0 Å². The van der Waals surface area contributed by atoms with Crippen molar-refractivity contribution in [3.05, 3.63) is 33.2 Å². The van der Waals surface area contributed by atoms with Crippen molar-refractivity contribution < 1.29 is 0 Å². The van der Waals surface area contributed by atoms with E-state index in [9.17, 15) is 4.79 Å². The highest BCUT2D eigenvalue weighted by molar-refractivity contribution is 5.30. The van der Waals surface area contributed by atoms with E-state index in [1.54, 1.807) is 0 Å². The highest BCUT2D eigenvalue weighted by Crippen LogP contribution is 2.32. The lowest BCUT2D eigenvalue weighted by atomic mass is 9.85. The molecule has 0 saturated heterocycles. The fourth-order valence-electron chi connectivity index (χ4n) is 3.98. The highest BCUT2D eigenvalue weighted by atomic mass is 16.1. The van der Waals surface area contributed by atoms with Gasteiger partial charge in [0.25, 0.3) is 5.56 Å². The van der Waals surface area contributed by atoms with Crippen molar-refractivity contribution in [3.63, 3.8) is 0 Å². The second-order valence-corrected chi connectivity index (χ2v) is 6.66. The van der Waals surface area contributed by atoms with Crippen molar-refractivity contribution >= 4 is 0 Å². The Morgan fingerprint density at radius 2 is 2.00 bits per heavy atom. The molecule has 1 heterocycles. The molecule has 1 aromatic heterocycles. The molecule has 2 N–H and O–H groups in total. The predicted octanol–water partition coefficient (Wildman–Crippen LogP) is 2.94. The number of hydrogen-bond donors (Lipinski definition) is 1. The number of hydrogen-bond acceptors (Lipinski definition) is 2. The molecule has 0 bridgehead atoms. The largest absolute Gasteiger partial charge is 0.326 e. The van der Waals surface area contributed by atoms with Gasteiger partial charge < -0.3 is 10.3 Å². The summed E-state index contributed by atoms with van der Waals surface area (Å²) >= 11 is 0. The van der Waals surface area contributed by atoms with Crippen LogP contribution in [0.1, 0.15) is 68.3 Å². The van der Waals surface area contributed by atoms with Gasteiger partial charge in [0.15, 0.2) is 0 Å². The molecule has 2 aliphatic carbocycles. The van der Waals surface area contributed by atoms with E-state index in [0.29, 0.717) is 12.6 Å². The summed E-state index contributed by atoms with van der Waals surface area (Å²) in [5.41, 5.74) is 9.50. The first-order valence-electron chi connectivity index (χ1n) is 8.17. The smallest absolute Gasteiger partial charge is 0.255 e. The first kappa shape index (κ1) is 13.9. The predicted molar refractivity (Wildman–Crippen MR) is 81.9 cm³/mol. The molecule has 20 heavy (non-hydrogen) atoms. The number of rotatable bonds is 2. The average Bonchev–Trinajstić information content (AvgIpc) is 2.47. The van der Waals surface area contributed by atoms with Crippen LogP contribution >= 0.6 is 0 Å². The van der Waals surface area contributed by atoms with Gasteiger partial charge in [-0.1, -0.05) is 26.2 Å². The van der Waals surface area contributed by atoms with Gasteiger partial charge in [-0.3, -0.25) is 4.79 Å². The summed E-state index contributed by atoms with van der Waals surface area (Å²) in [6, 6.07) is 2.51. The Bertz CT molecular complexity index is 541. The molecule has 3 heteroatoms. The average molecular weight is 274 g/mol. The Kier molecular flexibility index (Phi) is 3.97. The van der Waals surface area contributed by atoms with Gasteiger partial charge >= 0.3 is 0 Å². The van der Waals surface area contributed by atoms with Crippen LogP contribution in [0, 0.1) is 5.92 Å². The minimum atomic E-state index is 0.188. The van der Waals surface area contributed by atoms with Gasteiger partial charge in [-0.05, 0) is 49.7 Å².